The SMILES string of the molecule is Br.CCC(C)[C@H](N)C(=O)N(CC(=O)O)c1cccnc1. The Balaban J connectivity index is 0.00000361. The smallest absolute Gasteiger partial charge is 0.323 e. The van der Waals surface area contributed by atoms with Crippen LogP contribution in [-0.4, -0.2) is 34.6 Å². The molecule has 0 radical (unpaired) electrons. The van der Waals surface area contributed by atoms with E-state index in [1.54, 1.807) is 18.3 Å². The number of carboxylic acids is 1. The van der Waals surface area contributed by atoms with Gasteiger partial charge in [-0.15, -0.1) is 17.0 Å². The van der Waals surface area contributed by atoms with Crippen molar-refractivity contribution in [2.75, 3.05) is 11.4 Å². The molecule has 6 nitrogen and oxygen atoms in total. The van der Waals surface area contributed by atoms with Gasteiger partial charge in [0.15, 0.2) is 0 Å². The molecule has 1 unspecified atom stereocenters. The number of nitrogens with two attached hydrogens (primary N) is 1. The lowest BCUT2D eigenvalue weighted by atomic mass is 9.98. The van der Waals surface area contributed by atoms with Crippen molar-refractivity contribution in [2.24, 2.45) is 11.7 Å². The van der Waals surface area contributed by atoms with E-state index in [1.165, 1.54) is 6.20 Å². The number of pyridine rings is 1. The van der Waals surface area contributed by atoms with Crippen LogP contribution >= 0.6 is 17.0 Å². The summed E-state index contributed by atoms with van der Waals surface area (Å²) in [5.74, 6) is -1.50. The molecule has 1 rings (SSSR count). The highest BCUT2D eigenvalue weighted by molar-refractivity contribution is 8.93. The quantitative estimate of drug-likeness (QED) is 0.813. The molecule has 1 amide bonds. The number of carbonyl (C=O) groups is 2. The number of aromatic nitrogens is 1. The minimum Gasteiger partial charge on any atom is -0.480 e. The van der Waals surface area contributed by atoms with E-state index in [2.05, 4.69) is 4.98 Å². The van der Waals surface area contributed by atoms with E-state index < -0.39 is 24.5 Å². The molecule has 0 spiro atoms. The molecule has 2 atom stereocenters. The average molecular weight is 346 g/mol. The van der Waals surface area contributed by atoms with Crippen LogP contribution in [-0.2, 0) is 9.59 Å². The first-order valence-corrected chi connectivity index (χ1v) is 6.16. The summed E-state index contributed by atoms with van der Waals surface area (Å²) in [7, 11) is 0. The van der Waals surface area contributed by atoms with Crippen molar-refractivity contribution < 1.29 is 14.7 Å². The van der Waals surface area contributed by atoms with Gasteiger partial charge in [-0.1, -0.05) is 20.3 Å². The second-order valence-electron chi connectivity index (χ2n) is 4.44. The zero-order valence-corrected chi connectivity index (χ0v) is 13.2. The van der Waals surface area contributed by atoms with Gasteiger partial charge >= 0.3 is 5.97 Å². The lowest BCUT2D eigenvalue weighted by Crippen LogP contribution is -2.49. The van der Waals surface area contributed by atoms with E-state index in [9.17, 15) is 9.59 Å². The van der Waals surface area contributed by atoms with Crippen molar-refractivity contribution in [3.8, 4) is 0 Å². The normalized spacial score (nSPS) is 12.9. The number of rotatable bonds is 6. The third kappa shape index (κ3) is 4.90. The third-order valence-corrected chi connectivity index (χ3v) is 3.06. The number of amides is 1. The van der Waals surface area contributed by atoms with Crippen molar-refractivity contribution in [3.05, 3.63) is 24.5 Å². The summed E-state index contributed by atoms with van der Waals surface area (Å²) in [6.45, 7) is 3.38. The Morgan fingerprint density at radius 2 is 2.15 bits per heavy atom. The second-order valence-corrected chi connectivity index (χ2v) is 4.44. The Hall–Kier alpha value is -1.47. The molecule has 20 heavy (non-hydrogen) atoms. The minimum absolute atomic E-state index is 0. The van der Waals surface area contributed by atoms with Crippen LogP contribution in [0.25, 0.3) is 0 Å². The van der Waals surface area contributed by atoms with Crippen molar-refractivity contribution in [1.29, 1.82) is 0 Å². The maximum atomic E-state index is 12.3. The number of halogens is 1. The van der Waals surface area contributed by atoms with E-state index >= 15 is 0 Å². The number of hydrogen-bond donors (Lipinski definition) is 2. The second kappa shape index (κ2) is 8.65. The highest BCUT2D eigenvalue weighted by Gasteiger charge is 2.27. The third-order valence-electron chi connectivity index (χ3n) is 3.06. The van der Waals surface area contributed by atoms with Crippen LogP contribution in [0.3, 0.4) is 0 Å². The maximum absolute atomic E-state index is 12.3. The van der Waals surface area contributed by atoms with Gasteiger partial charge in [0.05, 0.1) is 17.9 Å². The molecule has 1 aromatic rings. The van der Waals surface area contributed by atoms with Gasteiger partial charge in [-0.05, 0) is 18.1 Å². The van der Waals surface area contributed by atoms with Crippen LogP contribution in [0.15, 0.2) is 24.5 Å². The molecule has 1 aromatic heterocycles. The van der Waals surface area contributed by atoms with Crippen LogP contribution in [0.4, 0.5) is 5.69 Å². The van der Waals surface area contributed by atoms with Gasteiger partial charge in [-0.3, -0.25) is 19.5 Å². The molecule has 0 aliphatic carbocycles. The van der Waals surface area contributed by atoms with Gasteiger partial charge in [0.1, 0.15) is 6.54 Å². The summed E-state index contributed by atoms with van der Waals surface area (Å²) >= 11 is 0. The van der Waals surface area contributed by atoms with Crippen molar-refractivity contribution in [1.82, 2.24) is 4.98 Å². The fourth-order valence-corrected chi connectivity index (χ4v) is 1.62. The Morgan fingerprint density at radius 3 is 2.60 bits per heavy atom. The summed E-state index contributed by atoms with van der Waals surface area (Å²) in [4.78, 5) is 28.2. The fraction of sp³-hybridized carbons (Fsp3) is 0.462. The maximum Gasteiger partial charge on any atom is 0.323 e. The average Bonchev–Trinajstić information content (AvgIpc) is 2.43. The first-order valence-electron chi connectivity index (χ1n) is 6.16. The fourth-order valence-electron chi connectivity index (χ4n) is 1.62. The molecule has 0 aliphatic heterocycles. The zero-order chi connectivity index (χ0) is 14.4. The van der Waals surface area contributed by atoms with Crippen molar-refractivity contribution in [2.45, 2.75) is 26.3 Å². The molecule has 0 fully saturated rings. The van der Waals surface area contributed by atoms with E-state index in [1.807, 2.05) is 13.8 Å². The molecule has 0 saturated carbocycles. The Bertz CT molecular complexity index is 442. The Morgan fingerprint density at radius 1 is 1.50 bits per heavy atom. The largest absolute Gasteiger partial charge is 0.480 e. The van der Waals surface area contributed by atoms with Gasteiger partial charge in [-0.25, -0.2) is 0 Å². The number of aliphatic carboxylic acids is 1. The van der Waals surface area contributed by atoms with Gasteiger partial charge < -0.3 is 10.8 Å². The summed E-state index contributed by atoms with van der Waals surface area (Å²) in [6, 6.07) is 2.56. The van der Waals surface area contributed by atoms with Crippen molar-refractivity contribution in [3.63, 3.8) is 0 Å². The standard InChI is InChI=1S/C13H19N3O3.BrH/c1-3-9(2)12(14)13(19)16(8-11(17)18)10-5-4-6-15-7-10;/h4-7,9,12H,3,8,14H2,1-2H3,(H,17,18);1H/t9?,12-;/m0./s1. The van der Waals surface area contributed by atoms with Crippen LogP contribution in [0.1, 0.15) is 20.3 Å². The van der Waals surface area contributed by atoms with E-state index in [-0.39, 0.29) is 22.9 Å². The number of nitrogens with zero attached hydrogens (tertiary/aromatic N) is 2. The highest BCUT2D eigenvalue weighted by Crippen LogP contribution is 2.16. The van der Waals surface area contributed by atoms with Crippen LogP contribution in [0, 0.1) is 5.92 Å². The lowest BCUT2D eigenvalue weighted by molar-refractivity contribution is -0.137. The molecule has 1 heterocycles. The van der Waals surface area contributed by atoms with Gasteiger partial charge in [0, 0.05) is 6.20 Å². The summed E-state index contributed by atoms with van der Waals surface area (Å²) in [5.41, 5.74) is 6.32. The molecule has 7 heteroatoms. The Labute approximate surface area is 128 Å². The molecular weight excluding hydrogens is 326 g/mol. The summed E-state index contributed by atoms with van der Waals surface area (Å²) < 4.78 is 0. The summed E-state index contributed by atoms with van der Waals surface area (Å²) in [5, 5.41) is 8.92. The van der Waals surface area contributed by atoms with Gasteiger partial charge in [0.25, 0.3) is 0 Å². The van der Waals surface area contributed by atoms with Gasteiger partial charge in [0.2, 0.25) is 5.91 Å². The number of carbonyl (C=O) groups excluding carboxylic acids is 1. The highest BCUT2D eigenvalue weighted by atomic mass is 79.9. The number of hydrogen-bond acceptors (Lipinski definition) is 4. The zero-order valence-electron chi connectivity index (χ0n) is 11.5. The minimum atomic E-state index is -1.09. The van der Waals surface area contributed by atoms with Gasteiger partial charge in [-0.2, -0.15) is 0 Å². The van der Waals surface area contributed by atoms with Crippen LogP contribution < -0.4 is 10.6 Å². The predicted molar refractivity (Wildman–Crippen MR) is 82.0 cm³/mol. The molecule has 112 valence electrons. The first-order chi connectivity index (χ1) is 8.97. The monoisotopic (exact) mass is 345 g/mol. The van der Waals surface area contributed by atoms with Crippen molar-refractivity contribution >= 4 is 34.5 Å². The number of anilines is 1. The molecule has 3 N–H and O–H groups in total. The lowest BCUT2D eigenvalue weighted by Gasteiger charge is -2.26. The van der Waals surface area contributed by atoms with E-state index in [0.29, 0.717) is 5.69 Å². The summed E-state index contributed by atoms with van der Waals surface area (Å²) in [6.07, 6.45) is 3.76. The molecule has 0 aromatic carbocycles. The predicted octanol–water partition coefficient (Wildman–Crippen LogP) is 1.45. The van der Waals surface area contributed by atoms with E-state index in [4.69, 9.17) is 10.8 Å². The topological polar surface area (TPSA) is 96.5 Å². The van der Waals surface area contributed by atoms with Crippen LogP contribution in [0.5, 0.6) is 0 Å². The van der Waals surface area contributed by atoms with Crippen LogP contribution in [0.2, 0.25) is 0 Å². The first kappa shape index (κ1) is 18.5. The molecule has 0 aliphatic rings. The molecule has 0 saturated heterocycles. The van der Waals surface area contributed by atoms with E-state index in [0.717, 1.165) is 11.3 Å². The number of carboxylic acid groups (broad SMARTS) is 1. The molecular formula is C13H20BrN3O3. The Kier molecular flexibility index (Phi) is 8.02. The molecule has 0 bridgehead atoms.